The molecule has 1 atom stereocenters. The Kier molecular flexibility index (Phi) is 6.66. The maximum absolute atomic E-state index is 12.4. The molecule has 1 saturated heterocycles. The van der Waals surface area contributed by atoms with Gasteiger partial charge in [-0.05, 0) is 42.0 Å². The quantitative estimate of drug-likeness (QED) is 0.431. The van der Waals surface area contributed by atoms with E-state index in [-0.39, 0.29) is 18.1 Å². The molecule has 0 spiro atoms. The maximum Gasteiger partial charge on any atom is 0.240 e. The van der Waals surface area contributed by atoms with E-state index in [9.17, 15) is 9.59 Å². The van der Waals surface area contributed by atoms with E-state index in [2.05, 4.69) is 15.5 Å². The van der Waals surface area contributed by atoms with E-state index in [4.69, 9.17) is 4.74 Å². The van der Waals surface area contributed by atoms with Crippen LogP contribution in [0.3, 0.4) is 0 Å². The van der Waals surface area contributed by atoms with E-state index in [1.54, 1.807) is 37.6 Å². The molecule has 1 fully saturated rings. The second-order valence-electron chi connectivity index (χ2n) is 6.59. The number of methoxy groups -OCH3 is 1. The van der Waals surface area contributed by atoms with Gasteiger partial charge in [0.15, 0.2) is 11.0 Å². The van der Waals surface area contributed by atoms with Gasteiger partial charge < -0.3 is 15.0 Å². The number of hydrogen-bond donors (Lipinski definition) is 1. The third-order valence-corrected chi connectivity index (χ3v) is 5.40. The molecule has 150 valence electrons. The first-order chi connectivity index (χ1) is 14.0. The number of ether oxygens (including phenoxy) is 1. The second-order valence-corrected chi connectivity index (χ2v) is 7.78. The van der Waals surface area contributed by atoms with Crippen molar-refractivity contribution in [2.24, 2.45) is 10.2 Å². The Labute approximate surface area is 173 Å². The van der Waals surface area contributed by atoms with Crippen molar-refractivity contribution in [2.45, 2.75) is 11.7 Å². The number of nitrogens with one attached hydrogen (secondary N) is 1. The molecule has 0 bridgehead atoms. The van der Waals surface area contributed by atoms with Crippen LogP contribution in [0.2, 0.25) is 0 Å². The van der Waals surface area contributed by atoms with Gasteiger partial charge >= 0.3 is 0 Å². The molecule has 1 aliphatic rings. The largest absolute Gasteiger partial charge is 0.497 e. The Balaban J connectivity index is 1.58. The van der Waals surface area contributed by atoms with Gasteiger partial charge in [-0.15, -0.1) is 5.10 Å². The molecule has 8 heteroatoms. The topological polar surface area (TPSA) is 83.4 Å². The number of carbonyl (C=O) groups is 2. The summed E-state index contributed by atoms with van der Waals surface area (Å²) in [5.74, 6) is 0.338. The summed E-state index contributed by atoms with van der Waals surface area (Å²) in [6.07, 6.45) is 1.71. The Hall–Kier alpha value is -3.13. The number of rotatable bonds is 7. The Morgan fingerprint density at radius 1 is 1.17 bits per heavy atom. The Morgan fingerprint density at radius 3 is 2.48 bits per heavy atom. The molecule has 1 unspecified atom stereocenters. The molecule has 29 heavy (non-hydrogen) atoms. The normalized spacial score (nSPS) is 17.6. The molecule has 7 nitrogen and oxygen atoms in total. The van der Waals surface area contributed by atoms with Gasteiger partial charge in [-0.25, -0.2) is 0 Å². The molecule has 1 heterocycles. The lowest BCUT2D eigenvalue weighted by molar-refractivity contribution is -0.118. The van der Waals surface area contributed by atoms with E-state index in [0.717, 1.165) is 11.3 Å². The molecule has 0 radical (unpaired) electrons. The minimum atomic E-state index is -0.516. The van der Waals surface area contributed by atoms with Crippen LogP contribution < -0.4 is 15.0 Å². The SMILES string of the molecule is COc1ccc(C(=O)CC2S/C(=N\N=C\c3ccc(N(C)C)cc3)NC2=O)cc1. The molecule has 0 aromatic heterocycles. The minimum Gasteiger partial charge on any atom is -0.497 e. The fourth-order valence-electron chi connectivity index (χ4n) is 2.66. The zero-order chi connectivity index (χ0) is 20.8. The summed E-state index contributed by atoms with van der Waals surface area (Å²) in [7, 11) is 5.52. The number of amides is 1. The highest BCUT2D eigenvalue weighted by molar-refractivity contribution is 8.15. The lowest BCUT2D eigenvalue weighted by Crippen LogP contribution is -2.26. The number of amidine groups is 1. The van der Waals surface area contributed by atoms with E-state index in [1.807, 2.05) is 43.3 Å². The predicted molar refractivity (Wildman–Crippen MR) is 117 cm³/mol. The first-order valence-corrected chi connectivity index (χ1v) is 9.87. The van der Waals surface area contributed by atoms with Gasteiger partial charge in [-0.3, -0.25) is 9.59 Å². The molecule has 1 aliphatic heterocycles. The highest BCUT2D eigenvalue weighted by Gasteiger charge is 2.32. The van der Waals surface area contributed by atoms with Crippen LogP contribution >= 0.6 is 11.8 Å². The van der Waals surface area contributed by atoms with Crippen LogP contribution in [0.5, 0.6) is 5.75 Å². The molecule has 0 saturated carbocycles. The van der Waals surface area contributed by atoms with Gasteiger partial charge in [-0.1, -0.05) is 23.9 Å². The first-order valence-electron chi connectivity index (χ1n) is 8.99. The number of ketones is 1. The molecule has 1 amide bonds. The lowest BCUT2D eigenvalue weighted by atomic mass is 10.1. The molecular formula is C21H22N4O3S. The summed E-state index contributed by atoms with van der Waals surface area (Å²) in [6, 6.07) is 14.7. The van der Waals surface area contributed by atoms with Crippen molar-refractivity contribution in [2.75, 3.05) is 26.1 Å². The van der Waals surface area contributed by atoms with E-state index in [0.29, 0.717) is 16.5 Å². The van der Waals surface area contributed by atoms with Crippen LogP contribution in [0.15, 0.2) is 58.7 Å². The molecule has 2 aromatic rings. The predicted octanol–water partition coefficient (Wildman–Crippen LogP) is 2.96. The third-order valence-electron chi connectivity index (χ3n) is 4.32. The van der Waals surface area contributed by atoms with Crippen LogP contribution in [0.4, 0.5) is 5.69 Å². The second kappa shape index (κ2) is 9.38. The van der Waals surface area contributed by atoms with Gasteiger partial charge in [0.05, 0.1) is 18.6 Å². The van der Waals surface area contributed by atoms with Gasteiger partial charge in [-0.2, -0.15) is 5.10 Å². The van der Waals surface area contributed by atoms with Gasteiger partial charge in [0.1, 0.15) is 5.75 Å². The first kappa shape index (κ1) is 20.6. The average Bonchev–Trinajstić information content (AvgIpc) is 3.07. The van der Waals surface area contributed by atoms with Crippen molar-refractivity contribution in [3.05, 3.63) is 59.7 Å². The fourth-order valence-corrected chi connectivity index (χ4v) is 3.58. The molecule has 0 aliphatic carbocycles. The summed E-state index contributed by atoms with van der Waals surface area (Å²) in [6.45, 7) is 0. The van der Waals surface area contributed by atoms with Crippen molar-refractivity contribution in [3.8, 4) is 5.75 Å². The van der Waals surface area contributed by atoms with E-state index < -0.39 is 5.25 Å². The van der Waals surface area contributed by atoms with Crippen molar-refractivity contribution in [1.82, 2.24) is 5.32 Å². The smallest absolute Gasteiger partial charge is 0.240 e. The standard InChI is InChI=1S/C21H22N4O3S/c1-25(2)16-8-4-14(5-9-16)13-22-24-21-23-20(27)19(29-21)12-18(26)15-6-10-17(28-3)11-7-15/h4-11,13,19H,12H2,1-3H3,(H,23,24,27)/b22-13+. The van der Waals surface area contributed by atoms with Gasteiger partial charge in [0, 0.05) is 31.8 Å². The lowest BCUT2D eigenvalue weighted by Gasteiger charge is -2.11. The monoisotopic (exact) mass is 410 g/mol. The highest BCUT2D eigenvalue weighted by atomic mass is 32.2. The maximum atomic E-state index is 12.4. The van der Waals surface area contributed by atoms with Crippen LogP contribution in [0, 0.1) is 0 Å². The molecule has 3 rings (SSSR count). The van der Waals surface area contributed by atoms with Gasteiger partial charge in [0.2, 0.25) is 5.91 Å². The summed E-state index contributed by atoms with van der Waals surface area (Å²) in [4.78, 5) is 26.6. The Bertz CT molecular complexity index is 937. The van der Waals surface area contributed by atoms with Crippen molar-refractivity contribution >= 4 is 40.5 Å². The third kappa shape index (κ3) is 5.45. The summed E-state index contributed by atoms with van der Waals surface area (Å²) >= 11 is 1.21. The average molecular weight is 410 g/mol. The molecule has 2 aromatic carbocycles. The number of benzene rings is 2. The van der Waals surface area contributed by atoms with E-state index in [1.165, 1.54) is 11.8 Å². The number of thioether (sulfide) groups is 1. The number of hydrogen-bond acceptors (Lipinski definition) is 7. The molecule has 1 N–H and O–H groups in total. The summed E-state index contributed by atoms with van der Waals surface area (Å²) in [5.41, 5.74) is 2.54. The zero-order valence-corrected chi connectivity index (χ0v) is 17.3. The number of carbonyl (C=O) groups excluding carboxylic acids is 2. The Morgan fingerprint density at radius 2 is 1.86 bits per heavy atom. The van der Waals surface area contributed by atoms with Crippen molar-refractivity contribution in [3.63, 3.8) is 0 Å². The summed E-state index contributed by atoms with van der Waals surface area (Å²) < 4.78 is 5.09. The van der Waals surface area contributed by atoms with Crippen LogP contribution in [0.1, 0.15) is 22.3 Å². The molecular weight excluding hydrogens is 388 g/mol. The minimum absolute atomic E-state index is 0.0948. The number of Topliss-reactive ketones (excluding diaryl/α,β-unsaturated/α-hetero) is 1. The van der Waals surface area contributed by atoms with Crippen molar-refractivity contribution < 1.29 is 14.3 Å². The fraction of sp³-hybridized carbons (Fsp3) is 0.238. The zero-order valence-electron chi connectivity index (χ0n) is 16.5. The summed E-state index contributed by atoms with van der Waals surface area (Å²) in [5, 5.41) is 10.6. The van der Waals surface area contributed by atoms with Crippen LogP contribution in [0.25, 0.3) is 0 Å². The highest BCUT2D eigenvalue weighted by Crippen LogP contribution is 2.24. The van der Waals surface area contributed by atoms with E-state index >= 15 is 0 Å². The number of nitrogens with zero attached hydrogens (tertiary/aromatic N) is 3. The van der Waals surface area contributed by atoms with Crippen LogP contribution in [-0.2, 0) is 4.79 Å². The van der Waals surface area contributed by atoms with Crippen molar-refractivity contribution in [1.29, 1.82) is 0 Å². The number of anilines is 1. The van der Waals surface area contributed by atoms with Crippen LogP contribution in [-0.4, -0.2) is 49.5 Å². The van der Waals surface area contributed by atoms with Gasteiger partial charge in [0.25, 0.3) is 0 Å².